The zero-order chi connectivity index (χ0) is 18.7. The Morgan fingerprint density at radius 1 is 1.23 bits per heavy atom. The van der Waals surface area contributed by atoms with Crippen molar-refractivity contribution in [3.63, 3.8) is 0 Å². The maximum atomic E-state index is 11.8. The molecule has 3 rings (SSSR count). The van der Waals surface area contributed by atoms with Gasteiger partial charge in [-0.2, -0.15) is 0 Å². The van der Waals surface area contributed by atoms with E-state index in [0.29, 0.717) is 18.0 Å². The van der Waals surface area contributed by atoms with Crippen molar-refractivity contribution >= 4 is 28.5 Å². The van der Waals surface area contributed by atoms with Gasteiger partial charge in [-0.1, -0.05) is 23.7 Å². The van der Waals surface area contributed by atoms with Crippen molar-refractivity contribution < 1.29 is 14.6 Å². The fourth-order valence-corrected chi connectivity index (χ4v) is 3.30. The topological polar surface area (TPSA) is 63.5 Å². The van der Waals surface area contributed by atoms with Crippen LogP contribution in [-0.4, -0.2) is 29.3 Å². The summed E-state index contributed by atoms with van der Waals surface area (Å²) in [6, 6.07) is 13.4. The highest BCUT2D eigenvalue weighted by Gasteiger charge is 2.20. The molecule has 0 aliphatic rings. The fraction of sp³-hybridized carbons (Fsp3) is 0.250. The summed E-state index contributed by atoms with van der Waals surface area (Å²) < 4.78 is 6.96. The van der Waals surface area contributed by atoms with E-state index >= 15 is 0 Å². The molecule has 136 valence electrons. The van der Waals surface area contributed by atoms with Crippen LogP contribution in [0.4, 0.5) is 0 Å². The van der Waals surface area contributed by atoms with Crippen LogP contribution in [0.25, 0.3) is 10.9 Å². The molecule has 26 heavy (non-hydrogen) atoms. The van der Waals surface area contributed by atoms with E-state index in [4.69, 9.17) is 16.3 Å². The Hall–Kier alpha value is -2.50. The molecule has 6 heteroatoms. The number of aryl methyl sites for hydroxylation is 1. The van der Waals surface area contributed by atoms with E-state index in [9.17, 15) is 9.90 Å². The maximum absolute atomic E-state index is 11.8. The van der Waals surface area contributed by atoms with Gasteiger partial charge in [-0.15, -0.1) is 0 Å². The summed E-state index contributed by atoms with van der Waals surface area (Å²) in [6.07, 6.45) is 0.845. The van der Waals surface area contributed by atoms with Gasteiger partial charge in [-0.25, -0.2) is 4.79 Å². The van der Waals surface area contributed by atoms with E-state index in [-0.39, 0.29) is 0 Å². The van der Waals surface area contributed by atoms with Crippen LogP contribution >= 0.6 is 11.6 Å². The van der Waals surface area contributed by atoms with Gasteiger partial charge in [0.2, 0.25) is 0 Å². The Morgan fingerprint density at radius 3 is 2.62 bits per heavy atom. The number of benzene rings is 2. The molecule has 0 amide bonds. The van der Waals surface area contributed by atoms with Gasteiger partial charge >= 0.3 is 5.97 Å². The third kappa shape index (κ3) is 3.69. The number of fused-ring (bicyclic) bond motifs is 1. The van der Waals surface area contributed by atoms with Crippen molar-refractivity contribution in [3.8, 4) is 5.75 Å². The quantitative estimate of drug-likeness (QED) is 0.618. The van der Waals surface area contributed by atoms with Gasteiger partial charge in [-0.05, 0) is 42.8 Å². The Kier molecular flexibility index (Phi) is 5.49. The van der Waals surface area contributed by atoms with Crippen molar-refractivity contribution in [3.05, 3.63) is 64.3 Å². The van der Waals surface area contributed by atoms with E-state index in [1.807, 2.05) is 42.5 Å². The highest BCUT2D eigenvalue weighted by molar-refractivity contribution is 6.30. The standard InChI is InChI=1S/C20H21ClN2O3/c1-23-18-11-15(26-2)7-8-16(18)17(19(23)20(24)25)12-22-10-9-13-3-5-14(21)6-4-13/h3-8,11,22H,9-10,12H2,1-2H3,(H,24,25). The van der Waals surface area contributed by atoms with Gasteiger partial charge in [0.25, 0.3) is 0 Å². The average Bonchev–Trinajstić information content (AvgIpc) is 2.92. The summed E-state index contributed by atoms with van der Waals surface area (Å²) >= 11 is 5.90. The fourth-order valence-electron chi connectivity index (χ4n) is 3.17. The molecule has 1 aromatic heterocycles. The molecule has 0 saturated carbocycles. The number of ether oxygens (including phenoxy) is 1. The zero-order valence-electron chi connectivity index (χ0n) is 14.8. The van der Waals surface area contributed by atoms with Crippen LogP contribution in [0, 0.1) is 0 Å². The van der Waals surface area contributed by atoms with Crippen LogP contribution in [0.5, 0.6) is 5.75 Å². The molecule has 1 heterocycles. The van der Waals surface area contributed by atoms with Gasteiger partial charge in [0.15, 0.2) is 0 Å². The summed E-state index contributed by atoms with van der Waals surface area (Å²) in [6.45, 7) is 1.23. The van der Waals surface area contributed by atoms with Crippen molar-refractivity contribution in [1.29, 1.82) is 0 Å². The minimum atomic E-state index is -0.933. The molecule has 0 atom stereocenters. The highest BCUT2D eigenvalue weighted by atomic mass is 35.5. The number of nitrogens with zero attached hydrogens (tertiary/aromatic N) is 1. The summed E-state index contributed by atoms with van der Waals surface area (Å²) in [5, 5.41) is 14.6. The smallest absolute Gasteiger partial charge is 0.352 e. The number of halogens is 1. The first-order chi connectivity index (χ1) is 12.5. The van der Waals surface area contributed by atoms with Crippen molar-refractivity contribution in [2.75, 3.05) is 13.7 Å². The lowest BCUT2D eigenvalue weighted by molar-refractivity contribution is 0.0685. The van der Waals surface area contributed by atoms with E-state index in [2.05, 4.69) is 5.32 Å². The van der Waals surface area contributed by atoms with Crippen LogP contribution in [-0.2, 0) is 20.0 Å². The SMILES string of the molecule is COc1ccc2c(CNCCc3ccc(Cl)cc3)c(C(=O)O)n(C)c2c1. The van der Waals surface area contributed by atoms with Crippen LogP contribution in [0.3, 0.4) is 0 Å². The summed E-state index contributed by atoms with van der Waals surface area (Å²) in [5.41, 5.74) is 3.11. The minimum absolute atomic E-state index is 0.298. The Morgan fingerprint density at radius 2 is 1.96 bits per heavy atom. The van der Waals surface area contributed by atoms with Gasteiger partial charge in [0.1, 0.15) is 11.4 Å². The molecule has 0 aliphatic carbocycles. The largest absolute Gasteiger partial charge is 0.497 e. The number of hydrogen-bond acceptors (Lipinski definition) is 3. The second-order valence-corrected chi connectivity index (χ2v) is 6.56. The van der Waals surface area contributed by atoms with Crippen LogP contribution in [0.15, 0.2) is 42.5 Å². The maximum Gasteiger partial charge on any atom is 0.352 e. The lowest BCUT2D eigenvalue weighted by atomic mass is 10.1. The van der Waals surface area contributed by atoms with Gasteiger partial charge < -0.3 is 19.7 Å². The number of carboxylic acids is 1. The summed E-state index contributed by atoms with van der Waals surface area (Å²) in [4.78, 5) is 11.8. The van der Waals surface area contributed by atoms with E-state index in [1.54, 1.807) is 18.7 Å². The van der Waals surface area contributed by atoms with E-state index in [0.717, 1.165) is 34.5 Å². The molecule has 0 saturated heterocycles. The lowest BCUT2D eigenvalue weighted by Crippen LogP contribution is -2.19. The number of hydrogen-bond donors (Lipinski definition) is 2. The number of aromatic nitrogens is 1. The predicted octanol–water partition coefficient (Wildman–Crippen LogP) is 3.87. The molecular formula is C20H21ClN2O3. The molecule has 5 nitrogen and oxygen atoms in total. The second-order valence-electron chi connectivity index (χ2n) is 6.13. The van der Waals surface area contributed by atoms with Crippen molar-refractivity contribution in [1.82, 2.24) is 9.88 Å². The molecule has 0 aliphatic heterocycles. The van der Waals surface area contributed by atoms with Gasteiger partial charge in [-0.3, -0.25) is 0 Å². The number of rotatable bonds is 7. The molecule has 0 bridgehead atoms. The van der Waals surface area contributed by atoms with Crippen LogP contribution < -0.4 is 10.1 Å². The van der Waals surface area contributed by atoms with E-state index in [1.165, 1.54) is 5.56 Å². The normalized spacial score (nSPS) is 11.0. The first-order valence-corrected chi connectivity index (χ1v) is 8.73. The highest BCUT2D eigenvalue weighted by Crippen LogP contribution is 2.28. The van der Waals surface area contributed by atoms with Gasteiger partial charge in [0.05, 0.1) is 12.6 Å². The molecule has 0 radical (unpaired) electrons. The lowest BCUT2D eigenvalue weighted by Gasteiger charge is -2.07. The minimum Gasteiger partial charge on any atom is -0.497 e. The third-order valence-electron chi connectivity index (χ3n) is 4.52. The summed E-state index contributed by atoms with van der Waals surface area (Å²) in [5.74, 6) is -0.227. The molecule has 0 spiro atoms. The number of carboxylic acid groups (broad SMARTS) is 1. The van der Waals surface area contributed by atoms with Crippen molar-refractivity contribution in [2.45, 2.75) is 13.0 Å². The molecule has 3 aromatic rings. The number of aromatic carboxylic acids is 1. The Labute approximate surface area is 157 Å². The molecule has 2 N–H and O–H groups in total. The monoisotopic (exact) mass is 372 g/mol. The first kappa shape index (κ1) is 18.3. The molecular weight excluding hydrogens is 352 g/mol. The summed E-state index contributed by atoms with van der Waals surface area (Å²) in [7, 11) is 3.36. The Balaban J connectivity index is 1.78. The first-order valence-electron chi connectivity index (χ1n) is 8.35. The van der Waals surface area contributed by atoms with Gasteiger partial charge in [0, 0.05) is 35.6 Å². The Bertz CT molecular complexity index is 932. The van der Waals surface area contributed by atoms with E-state index < -0.39 is 5.97 Å². The number of carbonyl (C=O) groups is 1. The predicted molar refractivity (Wildman–Crippen MR) is 103 cm³/mol. The molecule has 0 unspecified atom stereocenters. The molecule has 2 aromatic carbocycles. The second kappa shape index (κ2) is 7.81. The average molecular weight is 373 g/mol. The number of methoxy groups -OCH3 is 1. The van der Waals surface area contributed by atoms with Crippen LogP contribution in [0.1, 0.15) is 21.6 Å². The number of nitrogens with one attached hydrogen (secondary N) is 1. The van der Waals surface area contributed by atoms with Crippen LogP contribution in [0.2, 0.25) is 5.02 Å². The van der Waals surface area contributed by atoms with Crippen molar-refractivity contribution in [2.24, 2.45) is 7.05 Å². The molecule has 0 fully saturated rings. The third-order valence-corrected chi connectivity index (χ3v) is 4.77. The zero-order valence-corrected chi connectivity index (χ0v) is 15.5.